The van der Waals surface area contributed by atoms with Gasteiger partial charge >= 0.3 is 0 Å². The summed E-state index contributed by atoms with van der Waals surface area (Å²) in [5.74, 6) is 0.578. The van der Waals surface area contributed by atoms with Crippen LogP contribution in [0.5, 0.6) is 0 Å². The van der Waals surface area contributed by atoms with Gasteiger partial charge in [0.2, 0.25) is 0 Å². The van der Waals surface area contributed by atoms with Crippen molar-refractivity contribution in [3.63, 3.8) is 0 Å². The molecule has 4 rings (SSSR count). The van der Waals surface area contributed by atoms with Gasteiger partial charge in [0.1, 0.15) is 6.07 Å². The van der Waals surface area contributed by atoms with Crippen LogP contribution in [0.15, 0.2) is 42.5 Å². The van der Waals surface area contributed by atoms with Gasteiger partial charge < -0.3 is 9.80 Å². The summed E-state index contributed by atoms with van der Waals surface area (Å²) in [6.07, 6.45) is 3.67. The van der Waals surface area contributed by atoms with E-state index in [1.807, 2.05) is 18.2 Å². The Kier molecular flexibility index (Phi) is 5.49. The molecular weight excluding hydrogens is 378 g/mol. The zero-order chi connectivity index (χ0) is 20.6. The van der Waals surface area contributed by atoms with Gasteiger partial charge in [0.15, 0.2) is 0 Å². The highest BCUT2D eigenvalue weighted by molar-refractivity contribution is 6.32. The number of halogens is 1. The Morgan fingerprint density at radius 3 is 2.21 bits per heavy atom. The highest BCUT2D eigenvalue weighted by atomic mass is 35.5. The first-order valence-corrected chi connectivity index (χ1v) is 11.1. The first kappa shape index (κ1) is 20.1. The number of anilines is 2. The number of nitrogens with zero attached hydrogens (tertiary/aromatic N) is 3. The minimum atomic E-state index is 0.370. The number of rotatable bonds is 3. The topological polar surface area (TPSA) is 30.3 Å². The van der Waals surface area contributed by atoms with E-state index in [9.17, 15) is 0 Å². The van der Waals surface area contributed by atoms with Gasteiger partial charge in [0, 0.05) is 37.1 Å². The predicted octanol–water partition coefficient (Wildman–Crippen LogP) is 6.22. The molecule has 1 spiro atoms. The summed E-state index contributed by atoms with van der Waals surface area (Å²) in [5.41, 5.74) is 4.82. The summed E-state index contributed by atoms with van der Waals surface area (Å²) < 4.78 is 0. The maximum absolute atomic E-state index is 9.13. The second-order valence-electron chi connectivity index (χ2n) is 8.99. The summed E-state index contributed by atoms with van der Waals surface area (Å²) >= 11 is 6.29. The molecule has 1 atom stereocenters. The molecule has 2 aromatic carbocycles. The van der Waals surface area contributed by atoms with Crippen LogP contribution in [0, 0.1) is 16.7 Å². The average molecular weight is 408 g/mol. The van der Waals surface area contributed by atoms with Crippen molar-refractivity contribution in [1.29, 1.82) is 5.26 Å². The van der Waals surface area contributed by atoms with Crippen molar-refractivity contribution < 1.29 is 0 Å². The van der Waals surface area contributed by atoms with E-state index in [1.54, 1.807) is 0 Å². The Balaban J connectivity index is 1.44. The lowest BCUT2D eigenvalue weighted by molar-refractivity contribution is 0.205. The van der Waals surface area contributed by atoms with Crippen LogP contribution in [0.1, 0.15) is 57.1 Å². The first-order chi connectivity index (χ1) is 13.9. The highest BCUT2D eigenvalue weighted by Crippen LogP contribution is 2.47. The number of hydrogen-bond donors (Lipinski definition) is 0. The molecule has 0 aromatic heterocycles. The quantitative estimate of drug-likeness (QED) is 0.604. The van der Waals surface area contributed by atoms with Crippen LogP contribution in [-0.4, -0.2) is 25.7 Å². The van der Waals surface area contributed by atoms with Crippen LogP contribution in [0.2, 0.25) is 5.02 Å². The SMILES string of the molecule is CC(C)c1ccc(N2CCC3(CC2)CCN(c2ccc(C#N)c(Cl)c2)[C@@H]3C)cc1. The van der Waals surface area contributed by atoms with Gasteiger partial charge in [0.25, 0.3) is 0 Å². The molecule has 0 N–H and O–H groups in total. The average Bonchev–Trinajstić information content (AvgIpc) is 3.04. The molecule has 2 heterocycles. The van der Waals surface area contributed by atoms with E-state index in [4.69, 9.17) is 16.9 Å². The van der Waals surface area contributed by atoms with Crippen molar-refractivity contribution in [3.8, 4) is 6.07 Å². The van der Waals surface area contributed by atoms with E-state index in [-0.39, 0.29) is 0 Å². The van der Waals surface area contributed by atoms with E-state index >= 15 is 0 Å². The number of hydrogen-bond acceptors (Lipinski definition) is 3. The molecule has 2 saturated heterocycles. The summed E-state index contributed by atoms with van der Waals surface area (Å²) in [6, 6.07) is 17.6. The molecule has 0 aliphatic carbocycles. The summed E-state index contributed by atoms with van der Waals surface area (Å²) in [4.78, 5) is 5.03. The zero-order valence-electron chi connectivity index (χ0n) is 17.7. The lowest BCUT2D eigenvalue weighted by atomic mass is 9.73. The van der Waals surface area contributed by atoms with Crippen molar-refractivity contribution >= 4 is 23.0 Å². The zero-order valence-corrected chi connectivity index (χ0v) is 18.4. The smallest absolute Gasteiger partial charge is 0.101 e. The van der Waals surface area contributed by atoms with Crippen molar-refractivity contribution in [1.82, 2.24) is 0 Å². The molecule has 2 aliphatic heterocycles. The van der Waals surface area contributed by atoms with Gasteiger partial charge in [0.05, 0.1) is 10.6 Å². The Hall–Kier alpha value is -2.18. The Labute approximate surface area is 179 Å². The Bertz CT molecular complexity index is 905. The van der Waals surface area contributed by atoms with Gasteiger partial charge in [-0.3, -0.25) is 0 Å². The lowest BCUT2D eigenvalue weighted by Crippen LogP contribution is -2.46. The fourth-order valence-corrected chi connectivity index (χ4v) is 5.37. The molecule has 0 bridgehead atoms. The minimum absolute atomic E-state index is 0.370. The molecule has 2 aliphatic rings. The third-order valence-electron chi connectivity index (χ3n) is 7.29. The second-order valence-corrected chi connectivity index (χ2v) is 9.40. The molecule has 2 aromatic rings. The van der Waals surface area contributed by atoms with Gasteiger partial charge in [-0.1, -0.05) is 37.6 Å². The molecule has 3 nitrogen and oxygen atoms in total. The maximum atomic E-state index is 9.13. The van der Waals surface area contributed by atoms with Gasteiger partial charge in [-0.15, -0.1) is 0 Å². The molecule has 152 valence electrons. The molecule has 0 unspecified atom stereocenters. The van der Waals surface area contributed by atoms with E-state index in [1.165, 1.54) is 30.5 Å². The predicted molar refractivity (Wildman–Crippen MR) is 122 cm³/mol. The van der Waals surface area contributed by atoms with Crippen LogP contribution in [0.4, 0.5) is 11.4 Å². The molecule has 0 amide bonds. The molecule has 4 heteroatoms. The Morgan fingerprint density at radius 1 is 1.00 bits per heavy atom. The summed E-state index contributed by atoms with van der Waals surface area (Å²) in [6.45, 7) is 10.2. The van der Waals surface area contributed by atoms with E-state index in [0.29, 0.717) is 28.0 Å². The molecule has 0 saturated carbocycles. The standard InChI is InChI=1S/C25H30ClN3/c1-18(2)20-4-7-22(8-5-20)28-13-10-25(11-14-28)12-15-29(19(25)3)23-9-6-21(17-27)24(26)16-23/h4-9,16,18-19H,10-15H2,1-3H3/t19-/m1/s1. The van der Waals surface area contributed by atoms with Crippen molar-refractivity contribution in [2.75, 3.05) is 29.4 Å². The minimum Gasteiger partial charge on any atom is -0.371 e. The van der Waals surface area contributed by atoms with Crippen LogP contribution in [-0.2, 0) is 0 Å². The van der Waals surface area contributed by atoms with Gasteiger partial charge in [-0.05, 0) is 73.4 Å². The van der Waals surface area contributed by atoms with E-state index < -0.39 is 0 Å². The van der Waals surface area contributed by atoms with E-state index in [2.05, 4.69) is 60.9 Å². The van der Waals surface area contributed by atoms with Crippen LogP contribution >= 0.6 is 11.6 Å². The first-order valence-electron chi connectivity index (χ1n) is 10.7. The third-order valence-corrected chi connectivity index (χ3v) is 7.61. The van der Waals surface area contributed by atoms with Crippen LogP contribution in [0.3, 0.4) is 0 Å². The number of nitriles is 1. The summed E-state index contributed by atoms with van der Waals surface area (Å²) in [5, 5.41) is 9.69. The molecule has 2 fully saturated rings. The van der Waals surface area contributed by atoms with Crippen LogP contribution in [0.25, 0.3) is 0 Å². The normalized spacial score (nSPS) is 21.0. The highest BCUT2D eigenvalue weighted by Gasteiger charge is 2.46. The second kappa shape index (κ2) is 7.92. The fourth-order valence-electron chi connectivity index (χ4n) is 5.15. The van der Waals surface area contributed by atoms with Gasteiger partial charge in [-0.2, -0.15) is 5.26 Å². The van der Waals surface area contributed by atoms with E-state index in [0.717, 1.165) is 25.3 Å². The van der Waals surface area contributed by atoms with Crippen molar-refractivity contribution in [3.05, 3.63) is 58.6 Å². The van der Waals surface area contributed by atoms with Gasteiger partial charge in [-0.25, -0.2) is 0 Å². The monoisotopic (exact) mass is 407 g/mol. The molecule has 0 radical (unpaired) electrons. The van der Waals surface area contributed by atoms with Crippen molar-refractivity contribution in [2.45, 2.75) is 52.0 Å². The fraction of sp³-hybridized carbons (Fsp3) is 0.480. The maximum Gasteiger partial charge on any atom is 0.101 e. The summed E-state index contributed by atoms with van der Waals surface area (Å²) in [7, 11) is 0. The van der Waals surface area contributed by atoms with Crippen LogP contribution < -0.4 is 9.80 Å². The number of piperidine rings is 1. The lowest BCUT2D eigenvalue weighted by Gasteiger charge is -2.44. The molecule has 29 heavy (non-hydrogen) atoms. The van der Waals surface area contributed by atoms with Crippen molar-refractivity contribution in [2.24, 2.45) is 5.41 Å². The third kappa shape index (κ3) is 3.71. The molecular formula is C25H30ClN3. The number of benzene rings is 2. The Morgan fingerprint density at radius 2 is 1.62 bits per heavy atom. The largest absolute Gasteiger partial charge is 0.371 e.